The summed E-state index contributed by atoms with van der Waals surface area (Å²) in [4.78, 5) is 26.4. The highest BCUT2D eigenvalue weighted by Crippen LogP contribution is 2.26. The van der Waals surface area contributed by atoms with Gasteiger partial charge in [0, 0.05) is 22.3 Å². The molecule has 3 N–H and O–H groups in total. The quantitative estimate of drug-likeness (QED) is 0.383. The summed E-state index contributed by atoms with van der Waals surface area (Å²) in [5.41, 5.74) is 2.16. The van der Waals surface area contributed by atoms with Gasteiger partial charge in [0.1, 0.15) is 11.6 Å². The third-order valence-electron chi connectivity index (χ3n) is 4.29. The molecule has 0 aliphatic rings. The molecule has 0 unspecified atom stereocenters. The van der Waals surface area contributed by atoms with Gasteiger partial charge in [-0.25, -0.2) is 9.37 Å². The Kier molecular flexibility index (Phi) is 6.41. The first-order chi connectivity index (χ1) is 15.4. The van der Waals surface area contributed by atoms with E-state index >= 15 is 0 Å². The van der Waals surface area contributed by atoms with Crippen molar-refractivity contribution in [3.8, 4) is 0 Å². The smallest absolute Gasteiger partial charge is 0.232 e. The zero-order valence-corrected chi connectivity index (χ0v) is 18.2. The van der Waals surface area contributed by atoms with Crippen LogP contribution in [0.15, 0.2) is 64.6 Å². The Bertz CT molecular complexity index is 1240. The monoisotopic (exact) mass is 449 g/mol. The molecule has 0 radical (unpaired) electrons. The number of rotatable bonds is 7. The lowest BCUT2D eigenvalue weighted by molar-refractivity contribution is -0.115. The lowest BCUT2D eigenvalue weighted by Crippen LogP contribution is -2.14. The Morgan fingerprint density at radius 1 is 1.06 bits per heavy atom. The molecule has 2 aromatic carbocycles. The summed E-state index contributed by atoms with van der Waals surface area (Å²) < 4.78 is 13.3. The summed E-state index contributed by atoms with van der Waals surface area (Å²) in [6.07, 6.45) is 0.0515. The minimum Gasteiger partial charge on any atom is -0.326 e. The van der Waals surface area contributed by atoms with E-state index in [0.29, 0.717) is 34.1 Å². The predicted octanol–water partition coefficient (Wildman–Crippen LogP) is 4.43. The van der Waals surface area contributed by atoms with Crippen molar-refractivity contribution in [2.24, 2.45) is 0 Å². The number of carbonyl (C=O) groups excluding carboxylic acids is 1. The van der Waals surface area contributed by atoms with E-state index in [4.69, 9.17) is 0 Å². The van der Waals surface area contributed by atoms with E-state index in [9.17, 15) is 9.18 Å². The second-order valence-corrected chi connectivity index (χ2v) is 8.08. The zero-order chi connectivity index (χ0) is 22.5. The number of nitrogens with one attached hydrogen (secondary N) is 3. The maximum Gasteiger partial charge on any atom is 0.232 e. The maximum atomic E-state index is 13.3. The van der Waals surface area contributed by atoms with E-state index in [2.05, 4.69) is 35.8 Å². The molecule has 4 rings (SSSR count). The van der Waals surface area contributed by atoms with Crippen LogP contribution in [-0.2, 0) is 11.2 Å². The molecule has 8 nitrogen and oxygen atoms in total. The molecule has 2 aromatic heterocycles. The van der Waals surface area contributed by atoms with E-state index in [0.717, 1.165) is 4.90 Å². The third-order valence-corrected chi connectivity index (χ3v) is 5.16. The van der Waals surface area contributed by atoms with E-state index in [1.807, 2.05) is 31.2 Å². The van der Waals surface area contributed by atoms with Gasteiger partial charge in [0.2, 0.25) is 11.9 Å². The summed E-state index contributed by atoms with van der Waals surface area (Å²) in [5.74, 6) is 0.689. The van der Waals surface area contributed by atoms with Crippen LogP contribution in [0, 0.1) is 19.7 Å². The van der Waals surface area contributed by atoms with Crippen LogP contribution in [-0.4, -0.2) is 31.1 Å². The molecule has 1 amide bonds. The molecule has 162 valence electrons. The largest absolute Gasteiger partial charge is 0.326 e. The van der Waals surface area contributed by atoms with Crippen molar-refractivity contribution in [1.82, 2.24) is 25.1 Å². The van der Waals surface area contributed by atoms with Gasteiger partial charge in [0.15, 0.2) is 11.0 Å². The van der Waals surface area contributed by atoms with Crippen molar-refractivity contribution < 1.29 is 9.18 Å². The van der Waals surface area contributed by atoms with Crippen LogP contribution >= 0.6 is 11.8 Å². The molecule has 0 aliphatic carbocycles. The summed E-state index contributed by atoms with van der Waals surface area (Å²) in [7, 11) is 0. The highest BCUT2D eigenvalue weighted by Gasteiger charge is 2.11. The molecule has 0 bridgehead atoms. The summed E-state index contributed by atoms with van der Waals surface area (Å²) in [6, 6.07) is 15.5. The number of H-pyrrole nitrogens is 1. The minimum absolute atomic E-state index is 0.0515. The fourth-order valence-corrected chi connectivity index (χ4v) is 3.64. The van der Waals surface area contributed by atoms with Gasteiger partial charge >= 0.3 is 0 Å². The van der Waals surface area contributed by atoms with Crippen LogP contribution in [0.5, 0.6) is 0 Å². The lowest BCUT2D eigenvalue weighted by Gasteiger charge is -2.05. The Hall–Kier alpha value is -3.79. The van der Waals surface area contributed by atoms with E-state index in [1.54, 1.807) is 19.1 Å². The number of aromatic amines is 1. The minimum atomic E-state index is -0.414. The number of anilines is 3. The second-order valence-electron chi connectivity index (χ2n) is 7.04. The van der Waals surface area contributed by atoms with Crippen LogP contribution < -0.4 is 10.6 Å². The van der Waals surface area contributed by atoms with Crippen molar-refractivity contribution in [1.29, 1.82) is 0 Å². The fraction of sp³-hybridized carbons (Fsp3) is 0.136. The Morgan fingerprint density at radius 3 is 2.66 bits per heavy atom. The standard InChI is InChI=1S/C22H20FN7OS/c1-13-6-8-18(9-7-13)32-22-25-14(2)24-21(28-22)27-19-11-17(29-30-19)12-20(31)26-16-5-3-4-15(23)10-16/h3-11H,12H2,1-2H3,(H,26,31)(H2,24,25,27,28,29,30). The molecular weight excluding hydrogens is 429 g/mol. The Morgan fingerprint density at radius 2 is 1.88 bits per heavy atom. The van der Waals surface area contributed by atoms with Gasteiger partial charge in [-0.3, -0.25) is 9.89 Å². The molecule has 0 saturated heterocycles. The highest BCUT2D eigenvalue weighted by molar-refractivity contribution is 7.99. The van der Waals surface area contributed by atoms with Gasteiger partial charge in [-0.05, 0) is 55.9 Å². The van der Waals surface area contributed by atoms with Gasteiger partial charge in [0.05, 0.1) is 6.42 Å². The topological polar surface area (TPSA) is 108 Å². The van der Waals surface area contributed by atoms with Crippen molar-refractivity contribution in [2.45, 2.75) is 30.3 Å². The molecule has 0 fully saturated rings. The number of benzene rings is 2. The predicted molar refractivity (Wildman–Crippen MR) is 120 cm³/mol. The van der Waals surface area contributed by atoms with E-state index < -0.39 is 5.82 Å². The van der Waals surface area contributed by atoms with Crippen LogP contribution in [0.4, 0.5) is 21.8 Å². The molecule has 0 atom stereocenters. The van der Waals surface area contributed by atoms with Crippen LogP contribution in [0.25, 0.3) is 0 Å². The molecule has 0 spiro atoms. The number of halogens is 1. The Balaban J connectivity index is 1.40. The van der Waals surface area contributed by atoms with E-state index in [-0.39, 0.29) is 12.3 Å². The lowest BCUT2D eigenvalue weighted by atomic mass is 10.2. The van der Waals surface area contributed by atoms with Crippen molar-refractivity contribution in [3.05, 3.63) is 77.5 Å². The number of amides is 1. The molecule has 0 aliphatic heterocycles. The molecular formula is C22H20FN7OS. The first kappa shape index (κ1) is 21.4. The van der Waals surface area contributed by atoms with Crippen LogP contribution in [0.2, 0.25) is 0 Å². The number of aryl methyl sites for hydroxylation is 2. The molecule has 4 aromatic rings. The first-order valence-electron chi connectivity index (χ1n) is 9.77. The summed E-state index contributed by atoms with van der Waals surface area (Å²) in [6.45, 7) is 3.82. The third kappa shape index (κ3) is 5.88. The number of hydrogen-bond donors (Lipinski definition) is 3. The number of aromatic nitrogens is 5. The average Bonchev–Trinajstić information content (AvgIpc) is 3.15. The Labute approximate surface area is 188 Å². The van der Waals surface area contributed by atoms with Crippen LogP contribution in [0.1, 0.15) is 17.1 Å². The van der Waals surface area contributed by atoms with E-state index in [1.165, 1.54) is 35.5 Å². The van der Waals surface area contributed by atoms with Crippen molar-refractivity contribution in [2.75, 3.05) is 10.6 Å². The summed E-state index contributed by atoms with van der Waals surface area (Å²) in [5, 5.41) is 13.2. The van der Waals surface area contributed by atoms with Gasteiger partial charge in [0.25, 0.3) is 0 Å². The molecule has 32 heavy (non-hydrogen) atoms. The number of carbonyl (C=O) groups is 1. The summed E-state index contributed by atoms with van der Waals surface area (Å²) >= 11 is 1.44. The maximum absolute atomic E-state index is 13.3. The fourth-order valence-electron chi connectivity index (χ4n) is 2.85. The van der Waals surface area contributed by atoms with Crippen molar-refractivity contribution >= 4 is 35.1 Å². The van der Waals surface area contributed by atoms with Gasteiger partial charge in [-0.2, -0.15) is 15.1 Å². The number of nitrogens with zero attached hydrogens (tertiary/aromatic N) is 4. The first-order valence-corrected chi connectivity index (χ1v) is 10.6. The van der Waals surface area contributed by atoms with Gasteiger partial charge in [-0.15, -0.1) is 0 Å². The SMILES string of the molecule is Cc1ccc(Sc2nc(C)nc(Nc3cc(CC(=O)Nc4cccc(F)c4)[nH]n3)n2)cc1. The zero-order valence-electron chi connectivity index (χ0n) is 17.4. The van der Waals surface area contributed by atoms with Crippen molar-refractivity contribution in [3.63, 3.8) is 0 Å². The molecule has 10 heteroatoms. The molecule has 0 saturated carbocycles. The van der Waals surface area contributed by atoms with Crippen LogP contribution in [0.3, 0.4) is 0 Å². The highest BCUT2D eigenvalue weighted by atomic mass is 32.2. The normalized spacial score (nSPS) is 10.7. The van der Waals surface area contributed by atoms with Gasteiger partial charge < -0.3 is 10.6 Å². The average molecular weight is 450 g/mol. The number of hydrogen-bond acceptors (Lipinski definition) is 7. The molecule has 2 heterocycles. The van der Waals surface area contributed by atoms with Gasteiger partial charge in [-0.1, -0.05) is 23.8 Å². The second kappa shape index (κ2) is 9.56.